The Bertz CT molecular complexity index is 2270. The second-order valence-corrected chi connectivity index (χ2v) is 14.3. The number of aryl methyl sites for hydroxylation is 2. The van der Waals surface area contributed by atoms with Gasteiger partial charge in [0.2, 0.25) is 26.0 Å². The zero-order valence-corrected chi connectivity index (χ0v) is 26.1. The highest BCUT2D eigenvalue weighted by atomic mass is 32.2. The zero-order valence-electron chi connectivity index (χ0n) is 24.5. The van der Waals surface area contributed by atoms with Gasteiger partial charge in [-0.15, -0.1) is 0 Å². The smallest absolute Gasteiger partial charge is 0.252 e. The summed E-state index contributed by atoms with van der Waals surface area (Å²) in [6, 6.07) is 26.0. The van der Waals surface area contributed by atoms with Gasteiger partial charge in [0.15, 0.2) is 0 Å². The molecule has 234 valence electrons. The Balaban J connectivity index is 1.31. The molecule has 1 aliphatic rings. The van der Waals surface area contributed by atoms with Crippen LogP contribution in [0.4, 0.5) is 0 Å². The van der Waals surface area contributed by atoms with Crippen molar-refractivity contribution in [1.29, 1.82) is 0 Å². The minimum absolute atomic E-state index is 0.000578. The average molecular weight is 655 g/mol. The maximum Gasteiger partial charge on any atom is 0.252 e. The number of fused-ring (bicyclic) bond motifs is 3. The summed E-state index contributed by atoms with van der Waals surface area (Å²) >= 11 is 0. The zero-order chi connectivity index (χ0) is 32.8. The van der Waals surface area contributed by atoms with Crippen LogP contribution >= 0.6 is 0 Å². The van der Waals surface area contributed by atoms with Crippen LogP contribution in [0.3, 0.4) is 0 Å². The molecule has 0 saturated carbocycles. The number of benzene rings is 5. The van der Waals surface area contributed by atoms with E-state index in [9.17, 15) is 26.4 Å². The number of hydrogen-bond acceptors (Lipinski definition) is 6. The molecule has 12 heteroatoms. The topological polar surface area (TPSA) is 193 Å². The van der Waals surface area contributed by atoms with Gasteiger partial charge >= 0.3 is 0 Å². The van der Waals surface area contributed by atoms with Crippen LogP contribution in [0.5, 0.6) is 0 Å². The van der Waals surface area contributed by atoms with Crippen molar-refractivity contribution >= 4 is 42.6 Å². The lowest BCUT2D eigenvalue weighted by Gasteiger charge is -2.15. The first-order chi connectivity index (χ1) is 21.8. The van der Waals surface area contributed by atoms with Crippen LogP contribution < -0.4 is 21.3 Å². The highest BCUT2D eigenvalue weighted by Crippen LogP contribution is 2.50. The summed E-state index contributed by atoms with van der Waals surface area (Å²) in [4.78, 5) is 26.6. The van der Waals surface area contributed by atoms with E-state index in [0.717, 1.165) is 44.2 Å². The summed E-state index contributed by atoms with van der Waals surface area (Å²) in [7, 11) is -7.59. The number of sulfonamides is 2. The fourth-order valence-electron chi connectivity index (χ4n) is 5.96. The maximum atomic E-state index is 13.8. The van der Waals surface area contributed by atoms with Gasteiger partial charge in [-0.25, -0.2) is 27.1 Å². The summed E-state index contributed by atoms with van der Waals surface area (Å²) in [6.45, 7) is 0.224. The fraction of sp³-hybridized carbons (Fsp3) is 0.118. The third kappa shape index (κ3) is 6.03. The van der Waals surface area contributed by atoms with Crippen molar-refractivity contribution in [2.75, 3.05) is 6.54 Å². The predicted molar refractivity (Wildman–Crippen MR) is 176 cm³/mol. The minimum atomic E-state index is -3.81. The van der Waals surface area contributed by atoms with Crippen molar-refractivity contribution in [3.63, 3.8) is 0 Å². The maximum absolute atomic E-state index is 13.8. The molecule has 0 bridgehead atoms. The van der Waals surface area contributed by atoms with E-state index in [2.05, 4.69) is 5.32 Å². The van der Waals surface area contributed by atoms with Crippen molar-refractivity contribution in [2.24, 2.45) is 16.0 Å². The molecule has 2 amide bonds. The summed E-state index contributed by atoms with van der Waals surface area (Å²) in [6.07, 6.45) is 1.69. The fourth-order valence-corrected chi connectivity index (χ4v) is 6.99. The van der Waals surface area contributed by atoms with Gasteiger partial charge < -0.3 is 11.1 Å². The van der Waals surface area contributed by atoms with Crippen molar-refractivity contribution in [3.8, 4) is 22.3 Å². The van der Waals surface area contributed by atoms with E-state index in [0.29, 0.717) is 24.8 Å². The lowest BCUT2D eigenvalue weighted by atomic mass is 9.91. The number of carbonyl (C=O) groups is 2. The number of primary amides is 1. The van der Waals surface area contributed by atoms with E-state index in [1.165, 1.54) is 24.3 Å². The summed E-state index contributed by atoms with van der Waals surface area (Å²) in [5.41, 5.74) is 12.2. The standard InChI is InChI=1S/C34H30N4O6S2/c35-33(39)29-19-23-2-1-3-27-26-15-10-22(5-4-20-6-11-24(12-7-20)45(36,41)42)18-28(26)31(30(23)27)32(29)34(40)38-17-16-21-8-13-25(14-9-21)46(37,43)44/h1-3,6-15,18-19H,4-5,16-17H2,(H2,35,39)(H,38,40)(H2,36,41,42)(H2,37,43,44). The first kappa shape index (κ1) is 31.1. The molecule has 0 aromatic heterocycles. The van der Waals surface area contributed by atoms with Crippen molar-refractivity contribution < 1.29 is 26.4 Å². The summed E-state index contributed by atoms with van der Waals surface area (Å²) in [5.74, 6) is -1.17. The molecule has 0 spiro atoms. The van der Waals surface area contributed by atoms with E-state index in [4.69, 9.17) is 16.0 Å². The van der Waals surface area contributed by atoms with Gasteiger partial charge in [0.25, 0.3) is 5.91 Å². The van der Waals surface area contributed by atoms with Gasteiger partial charge in [-0.2, -0.15) is 0 Å². The number of amides is 2. The molecule has 0 fully saturated rings. The second kappa shape index (κ2) is 11.8. The number of primary sulfonamides is 2. The quantitative estimate of drug-likeness (QED) is 0.174. The molecule has 5 aromatic rings. The summed E-state index contributed by atoms with van der Waals surface area (Å²) < 4.78 is 46.3. The van der Waals surface area contributed by atoms with Gasteiger partial charge in [0.05, 0.1) is 20.9 Å². The molecule has 0 atom stereocenters. The third-order valence-corrected chi connectivity index (χ3v) is 10.1. The number of nitrogens with one attached hydrogen (secondary N) is 1. The van der Waals surface area contributed by atoms with Crippen LogP contribution in [0.1, 0.15) is 37.4 Å². The van der Waals surface area contributed by atoms with Crippen molar-refractivity contribution in [1.82, 2.24) is 5.32 Å². The Labute approximate surface area is 266 Å². The minimum Gasteiger partial charge on any atom is -0.366 e. The second-order valence-electron chi connectivity index (χ2n) is 11.2. The van der Waals surface area contributed by atoms with E-state index < -0.39 is 31.9 Å². The Morgan fingerprint density at radius 3 is 1.78 bits per heavy atom. The van der Waals surface area contributed by atoms with Crippen LogP contribution in [0.15, 0.2) is 101 Å². The largest absolute Gasteiger partial charge is 0.366 e. The highest BCUT2D eigenvalue weighted by Gasteiger charge is 2.30. The van der Waals surface area contributed by atoms with Crippen LogP contribution in [-0.2, 0) is 39.3 Å². The Morgan fingerprint density at radius 1 is 0.630 bits per heavy atom. The number of hydrogen-bond donors (Lipinski definition) is 4. The molecule has 0 aliphatic heterocycles. The molecule has 6 rings (SSSR count). The normalized spacial score (nSPS) is 12.2. The number of nitrogens with two attached hydrogens (primary N) is 3. The Kier molecular flexibility index (Phi) is 7.99. The predicted octanol–water partition coefficient (Wildman–Crippen LogP) is 3.64. The molecule has 0 unspecified atom stereocenters. The number of carbonyl (C=O) groups excluding carboxylic acids is 2. The first-order valence-electron chi connectivity index (χ1n) is 14.4. The van der Waals surface area contributed by atoms with Crippen molar-refractivity contribution in [3.05, 3.63) is 119 Å². The van der Waals surface area contributed by atoms with Gasteiger partial charge in [-0.1, -0.05) is 60.7 Å². The lowest BCUT2D eigenvalue weighted by molar-refractivity contribution is 0.0937. The molecule has 7 N–H and O–H groups in total. The third-order valence-electron chi connectivity index (χ3n) is 8.21. The Hall–Kier alpha value is -4.88. The van der Waals surface area contributed by atoms with Gasteiger partial charge in [0, 0.05) is 12.1 Å². The van der Waals surface area contributed by atoms with E-state index >= 15 is 0 Å². The van der Waals surface area contributed by atoms with Gasteiger partial charge in [-0.05, 0) is 93.7 Å². The molecule has 0 saturated heterocycles. The molecule has 1 aliphatic carbocycles. The molecular formula is C34H30N4O6S2. The molecule has 10 nitrogen and oxygen atoms in total. The van der Waals surface area contributed by atoms with Crippen LogP contribution in [-0.4, -0.2) is 35.2 Å². The van der Waals surface area contributed by atoms with Gasteiger partial charge in [-0.3, -0.25) is 9.59 Å². The van der Waals surface area contributed by atoms with Crippen molar-refractivity contribution in [2.45, 2.75) is 29.1 Å². The molecule has 0 radical (unpaired) electrons. The lowest BCUT2D eigenvalue weighted by Crippen LogP contribution is -2.29. The first-order valence-corrected chi connectivity index (χ1v) is 17.5. The molecular weight excluding hydrogens is 625 g/mol. The molecule has 46 heavy (non-hydrogen) atoms. The molecule has 0 heterocycles. The highest BCUT2D eigenvalue weighted by molar-refractivity contribution is 7.89. The van der Waals surface area contributed by atoms with Gasteiger partial charge in [0.1, 0.15) is 0 Å². The van der Waals surface area contributed by atoms with E-state index in [1.54, 1.807) is 30.3 Å². The van der Waals surface area contributed by atoms with Crippen LogP contribution in [0.2, 0.25) is 0 Å². The molecule has 5 aromatic carbocycles. The monoisotopic (exact) mass is 654 g/mol. The Morgan fingerprint density at radius 2 is 1.20 bits per heavy atom. The average Bonchev–Trinajstić information content (AvgIpc) is 3.34. The van der Waals surface area contributed by atoms with E-state index in [-0.39, 0.29) is 27.5 Å². The van der Waals surface area contributed by atoms with Crippen LogP contribution in [0, 0.1) is 0 Å². The van der Waals surface area contributed by atoms with Crippen LogP contribution in [0.25, 0.3) is 33.0 Å². The van der Waals surface area contributed by atoms with E-state index in [1.807, 2.05) is 36.4 Å². The summed E-state index contributed by atoms with van der Waals surface area (Å²) in [5, 5.41) is 15.0. The number of rotatable bonds is 10. The SMILES string of the molecule is NC(=O)c1cc2cccc3c2c(c1C(=O)NCCc1ccc(S(N)(=O)=O)cc1)-c1cc(CCc2ccc(S(N)(=O)=O)cc2)ccc1-3.